The molecule has 1 aromatic heterocycles. The highest BCUT2D eigenvalue weighted by molar-refractivity contribution is 6.02. The molecular formula is C19H16N6O2. The molecule has 3 aromatic rings. The van der Waals surface area contributed by atoms with E-state index in [2.05, 4.69) is 20.8 Å². The van der Waals surface area contributed by atoms with Crippen LogP contribution in [0.25, 0.3) is 11.8 Å². The number of aryl methyl sites for hydroxylation is 1. The number of benzene rings is 2. The molecule has 0 saturated heterocycles. The van der Waals surface area contributed by atoms with Gasteiger partial charge >= 0.3 is 0 Å². The summed E-state index contributed by atoms with van der Waals surface area (Å²) < 4.78 is 6.77. The monoisotopic (exact) mass is 360 g/mol. The second-order valence-electron chi connectivity index (χ2n) is 5.53. The lowest BCUT2D eigenvalue weighted by Gasteiger charge is -2.06. The van der Waals surface area contributed by atoms with E-state index in [1.165, 1.54) is 6.08 Å². The number of hydrogen-bond acceptors (Lipinski definition) is 6. The molecule has 0 spiro atoms. The summed E-state index contributed by atoms with van der Waals surface area (Å²) in [7, 11) is 0. The molecule has 0 saturated carbocycles. The Kier molecular flexibility index (Phi) is 5.54. The van der Waals surface area contributed by atoms with Crippen molar-refractivity contribution in [2.75, 3.05) is 11.9 Å². The van der Waals surface area contributed by atoms with E-state index in [4.69, 9.17) is 10.00 Å². The summed E-state index contributed by atoms with van der Waals surface area (Å²) >= 11 is 0. The summed E-state index contributed by atoms with van der Waals surface area (Å²) in [4.78, 5) is 12.2. The zero-order chi connectivity index (χ0) is 19.1. The maximum atomic E-state index is 12.2. The third kappa shape index (κ3) is 4.76. The van der Waals surface area contributed by atoms with E-state index in [0.717, 1.165) is 11.3 Å². The molecule has 1 heterocycles. The van der Waals surface area contributed by atoms with Crippen LogP contribution in [0.2, 0.25) is 0 Å². The van der Waals surface area contributed by atoms with Crippen molar-refractivity contribution in [3.8, 4) is 17.5 Å². The lowest BCUT2D eigenvalue weighted by molar-refractivity contribution is -0.111. The van der Waals surface area contributed by atoms with E-state index in [0.29, 0.717) is 17.3 Å². The van der Waals surface area contributed by atoms with Gasteiger partial charge in [0.25, 0.3) is 0 Å². The number of amides is 1. The Morgan fingerprint density at radius 3 is 2.81 bits per heavy atom. The fourth-order valence-corrected chi connectivity index (χ4v) is 2.33. The molecule has 0 aliphatic carbocycles. The number of ether oxygens (including phenoxy) is 1. The molecule has 0 atom stereocenters. The number of nitrogens with one attached hydrogen (secondary N) is 1. The summed E-state index contributed by atoms with van der Waals surface area (Å²) in [6.45, 7) is 1.80. The molecule has 27 heavy (non-hydrogen) atoms. The van der Waals surface area contributed by atoms with Crippen LogP contribution in [0.1, 0.15) is 11.4 Å². The van der Waals surface area contributed by atoms with E-state index < -0.39 is 0 Å². The number of carbonyl (C=O) groups excluding carboxylic acids is 1. The summed E-state index contributed by atoms with van der Waals surface area (Å²) in [5.74, 6) is 0.999. The Balaban J connectivity index is 1.63. The standard InChI is InChI=1S/C19H16N6O2/c1-14-22-23-24-25(14)17-4-2-3-16(13-17)21-19(26)10-7-15-5-8-18(9-6-15)27-12-11-20/h2-10,13H,12H2,1H3,(H,21,26)/b10-7+. The molecule has 0 radical (unpaired) electrons. The van der Waals surface area contributed by atoms with Crippen LogP contribution in [0.5, 0.6) is 5.75 Å². The molecule has 134 valence electrons. The maximum Gasteiger partial charge on any atom is 0.248 e. The van der Waals surface area contributed by atoms with Gasteiger partial charge < -0.3 is 10.1 Å². The molecule has 0 bridgehead atoms. The predicted octanol–water partition coefficient (Wildman–Crippen LogP) is 2.53. The van der Waals surface area contributed by atoms with Gasteiger partial charge in [0.15, 0.2) is 12.4 Å². The van der Waals surface area contributed by atoms with E-state index in [9.17, 15) is 4.79 Å². The van der Waals surface area contributed by atoms with E-state index in [-0.39, 0.29) is 12.5 Å². The highest BCUT2D eigenvalue weighted by Crippen LogP contribution is 2.15. The molecule has 1 amide bonds. The van der Waals surface area contributed by atoms with Crippen molar-refractivity contribution < 1.29 is 9.53 Å². The number of nitrogens with zero attached hydrogens (tertiary/aromatic N) is 5. The molecule has 3 rings (SSSR count). The number of tetrazole rings is 1. The van der Waals surface area contributed by atoms with E-state index in [1.54, 1.807) is 54.1 Å². The van der Waals surface area contributed by atoms with Gasteiger partial charge in [-0.1, -0.05) is 18.2 Å². The smallest absolute Gasteiger partial charge is 0.248 e. The predicted molar refractivity (Wildman–Crippen MR) is 99.1 cm³/mol. The normalized spacial score (nSPS) is 10.5. The van der Waals surface area contributed by atoms with Crippen molar-refractivity contribution in [1.82, 2.24) is 20.2 Å². The van der Waals surface area contributed by atoms with Gasteiger partial charge in [-0.25, -0.2) is 0 Å². The third-order valence-corrected chi connectivity index (χ3v) is 3.59. The molecular weight excluding hydrogens is 344 g/mol. The summed E-state index contributed by atoms with van der Waals surface area (Å²) in [5, 5.41) is 22.7. The number of nitriles is 1. The van der Waals surface area contributed by atoms with Gasteiger partial charge in [0.1, 0.15) is 11.8 Å². The second kappa shape index (κ2) is 8.40. The zero-order valence-electron chi connectivity index (χ0n) is 14.5. The molecule has 2 aromatic carbocycles. The summed E-state index contributed by atoms with van der Waals surface area (Å²) in [6, 6.07) is 16.2. The third-order valence-electron chi connectivity index (χ3n) is 3.59. The zero-order valence-corrected chi connectivity index (χ0v) is 14.5. The SMILES string of the molecule is Cc1nnnn1-c1cccc(NC(=O)/C=C/c2ccc(OCC#N)cc2)c1. The van der Waals surface area contributed by atoms with Crippen molar-refractivity contribution in [3.63, 3.8) is 0 Å². The van der Waals surface area contributed by atoms with Crippen LogP contribution in [0, 0.1) is 18.3 Å². The van der Waals surface area contributed by atoms with Crippen LogP contribution in [0.15, 0.2) is 54.6 Å². The molecule has 8 heteroatoms. The van der Waals surface area contributed by atoms with E-state index in [1.807, 2.05) is 18.2 Å². The first kappa shape index (κ1) is 17.8. The second-order valence-corrected chi connectivity index (χ2v) is 5.53. The fraction of sp³-hybridized carbons (Fsp3) is 0.105. The largest absolute Gasteiger partial charge is 0.479 e. The van der Waals surface area contributed by atoms with Gasteiger partial charge in [-0.3, -0.25) is 4.79 Å². The number of anilines is 1. The van der Waals surface area contributed by atoms with Crippen molar-refractivity contribution in [3.05, 3.63) is 66.0 Å². The van der Waals surface area contributed by atoms with Crippen LogP contribution in [-0.2, 0) is 4.79 Å². The average molecular weight is 360 g/mol. The molecule has 0 aliphatic rings. The average Bonchev–Trinajstić information content (AvgIpc) is 3.12. The van der Waals surface area contributed by atoms with Gasteiger partial charge in [-0.05, 0) is 59.3 Å². The topological polar surface area (TPSA) is 106 Å². The number of carbonyl (C=O) groups is 1. The van der Waals surface area contributed by atoms with Crippen LogP contribution >= 0.6 is 0 Å². The Labute approximate surface area is 155 Å². The number of aromatic nitrogens is 4. The highest BCUT2D eigenvalue weighted by atomic mass is 16.5. The molecule has 0 aliphatic heterocycles. The number of hydrogen-bond donors (Lipinski definition) is 1. The van der Waals surface area contributed by atoms with Crippen LogP contribution in [0.3, 0.4) is 0 Å². The van der Waals surface area contributed by atoms with Gasteiger partial charge in [0, 0.05) is 11.8 Å². The van der Waals surface area contributed by atoms with Crippen LogP contribution in [-0.4, -0.2) is 32.7 Å². The Morgan fingerprint density at radius 2 is 2.11 bits per heavy atom. The first-order valence-corrected chi connectivity index (χ1v) is 8.10. The number of rotatable bonds is 6. The quantitative estimate of drug-likeness (QED) is 0.677. The van der Waals surface area contributed by atoms with Crippen molar-refractivity contribution in [1.29, 1.82) is 5.26 Å². The summed E-state index contributed by atoms with van der Waals surface area (Å²) in [6.07, 6.45) is 3.14. The minimum Gasteiger partial charge on any atom is -0.479 e. The Morgan fingerprint density at radius 1 is 1.30 bits per heavy atom. The molecule has 0 fully saturated rings. The van der Waals surface area contributed by atoms with E-state index >= 15 is 0 Å². The maximum absolute atomic E-state index is 12.2. The van der Waals surface area contributed by atoms with Crippen molar-refractivity contribution >= 4 is 17.7 Å². The first-order valence-electron chi connectivity index (χ1n) is 8.10. The lowest BCUT2D eigenvalue weighted by Crippen LogP contribution is -2.08. The Bertz CT molecular complexity index is 1000. The molecule has 0 unspecified atom stereocenters. The van der Waals surface area contributed by atoms with Crippen molar-refractivity contribution in [2.24, 2.45) is 0 Å². The fourth-order valence-electron chi connectivity index (χ4n) is 2.33. The van der Waals surface area contributed by atoms with Gasteiger partial charge in [0.2, 0.25) is 5.91 Å². The van der Waals surface area contributed by atoms with Gasteiger partial charge in [0.05, 0.1) is 5.69 Å². The molecule has 1 N–H and O–H groups in total. The van der Waals surface area contributed by atoms with Gasteiger partial charge in [-0.15, -0.1) is 5.10 Å². The highest BCUT2D eigenvalue weighted by Gasteiger charge is 2.05. The van der Waals surface area contributed by atoms with Gasteiger partial charge in [-0.2, -0.15) is 9.94 Å². The molecule has 8 nitrogen and oxygen atoms in total. The minimum absolute atomic E-state index is 0.000830. The lowest BCUT2D eigenvalue weighted by atomic mass is 10.2. The van der Waals surface area contributed by atoms with Crippen LogP contribution < -0.4 is 10.1 Å². The van der Waals surface area contributed by atoms with Crippen molar-refractivity contribution in [2.45, 2.75) is 6.92 Å². The first-order chi connectivity index (χ1) is 13.2. The van der Waals surface area contributed by atoms with Crippen LogP contribution in [0.4, 0.5) is 5.69 Å². The summed E-state index contributed by atoms with van der Waals surface area (Å²) in [5.41, 5.74) is 2.23. The minimum atomic E-state index is -0.259. The Hall–Kier alpha value is -3.99.